The molecular weight excluding hydrogens is 505 g/mol. The molecule has 8 heteroatoms. The van der Waals surface area contributed by atoms with Gasteiger partial charge in [0.2, 0.25) is 0 Å². The van der Waals surface area contributed by atoms with E-state index in [2.05, 4.69) is 32.2 Å². The van der Waals surface area contributed by atoms with Crippen LogP contribution in [0.5, 0.6) is 17.2 Å². The van der Waals surface area contributed by atoms with E-state index in [9.17, 15) is 13.5 Å². The second kappa shape index (κ2) is 10.9. The standard InChI is InChI=1S/C30H36FNO5S/c1-7-14-38(33,34)37-22-10-11-24(28(16-22)35-6)23-12-13-26-29(20(3)17-30(4,5)32-26)25(23)18-36-27-15-21(31)9-8-19(27)2/h8-13,15-17,32-34H,7,14,18H2,1-6H3. The Labute approximate surface area is 226 Å². The molecular formula is C30H36FNO5S. The number of allylic oxidation sites excluding steroid dienone is 1. The van der Waals surface area contributed by atoms with Crippen molar-refractivity contribution in [2.45, 2.75) is 53.2 Å². The second-order valence-corrected chi connectivity index (χ2v) is 11.9. The van der Waals surface area contributed by atoms with Gasteiger partial charge in [0, 0.05) is 34.5 Å². The number of hydrogen-bond donors (Lipinski definition) is 3. The smallest absolute Gasteiger partial charge is 0.144 e. The number of aryl methyl sites for hydroxylation is 1. The van der Waals surface area contributed by atoms with Gasteiger partial charge in [0.15, 0.2) is 0 Å². The van der Waals surface area contributed by atoms with E-state index in [-0.39, 0.29) is 23.7 Å². The van der Waals surface area contributed by atoms with Crippen molar-refractivity contribution >= 4 is 22.1 Å². The largest absolute Gasteiger partial charge is 0.496 e. The fourth-order valence-electron chi connectivity index (χ4n) is 4.89. The topological polar surface area (TPSA) is 80.2 Å². The Morgan fingerprint density at radius 3 is 2.42 bits per heavy atom. The number of fused-ring (bicyclic) bond motifs is 1. The number of nitrogens with one attached hydrogen (secondary N) is 1. The van der Waals surface area contributed by atoms with E-state index in [1.165, 1.54) is 12.1 Å². The van der Waals surface area contributed by atoms with Crippen LogP contribution in [0.3, 0.4) is 0 Å². The lowest BCUT2D eigenvalue weighted by Gasteiger charge is -2.33. The van der Waals surface area contributed by atoms with Gasteiger partial charge in [-0.3, -0.25) is 9.11 Å². The van der Waals surface area contributed by atoms with Gasteiger partial charge in [-0.15, -0.1) is 0 Å². The molecule has 204 valence electrons. The van der Waals surface area contributed by atoms with Gasteiger partial charge in [-0.2, -0.15) is 0 Å². The van der Waals surface area contributed by atoms with Gasteiger partial charge in [-0.05, 0) is 75.1 Å². The molecule has 3 aromatic rings. The first-order valence-electron chi connectivity index (χ1n) is 12.6. The molecule has 1 heterocycles. The zero-order valence-electron chi connectivity index (χ0n) is 22.7. The number of anilines is 1. The maximum absolute atomic E-state index is 14.0. The average molecular weight is 542 g/mol. The lowest BCUT2D eigenvalue weighted by atomic mass is 9.85. The number of methoxy groups -OCH3 is 1. The summed E-state index contributed by atoms with van der Waals surface area (Å²) in [6.07, 6.45) is 2.77. The van der Waals surface area contributed by atoms with Crippen molar-refractivity contribution in [2.24, 2.45) is 0 Å². The van der Waals surface area contributed by atoms with Crippen molar-refractivity contribution < 1.29 is 27.2 Å². The molecule has 0 spiro atoms. The highest BCUT2D eigenvalue weighted by Crippen LogP contribution is 2.46. The van der Waals surface area contributed by atoms with E-state index in [1.54, 1.807) is 25.3 Å². The van der Waals surface area contributed by atoms with Gasteiger partial charge >= 0.3 is 0 Å². The van der Waals surface area contributed by atoms with E-state index in [1.807, 2.05) is 32.0 Å². The second-order valence-electron chi connectivity index (χ2n) is 10.1. The molecule has 4 rings (SSSR count). The number of rotatable bonds is 9. The molecule has 1 aliphatic rings. The van der Waals surface area contributed by atoms with Crippen LogP contribution in [0.1, 0.15) is 50.8 Å². The zero-order chi connectivity index (χ0) is 27.7. The van der Waals surface area contributed by atoms with Crippen LogP contribution < -0.4 is 19.0 Å². The summed E-state index contributed by atoms with van der Waals surface area (Å²) in [5, 5.41) is 3.58. The fourth-order valence-corrected chi connectivity index (χ4v) is 5.92. The Morgan fingerprint density at radius 1 is 0.974 bits per heavy atom. The third-order valence-electron chi connectivity index (χ3n) is 6.43. The monoisotopic (exact) mass is 541 g/mol. The molecule has 3 N–H and O–H groups in total. The lowest BCUT2D eigenvalue weighted by molar-refractivity contribution is 0.302. The number of ether oxygens (including phenoxy) is 2. The summed E-state index contributed by atoms with van der Waals surface area (Å²) in [5.74, 6) is 1.10. The quantitative estimate of drug-likeness (QED) is 0.252. The lowest BCUT2D eigenvalue weighted by Crippen LogP contribution is -2.32. The molecule has 1 aliphatic heterocycles. The molecule has 0 aromatic heterocycles. The van der Waals surface area contributed by atoms with Gasteiger partial charge in [0.25, 0.3) is 0 Å². The van der Waals surface area contributed by atoms with Gasteiger partial charge in [-0.25, -0.2) is 4.39 Å². The van der Waals surface area contributed by atoms with Crippen LogP contribution in [0, 0.1) is 12.7 Å². The first-order chi connectivity index (χ1) is 17.9. The average Bonchev–Trinajstić information content (AvgIpc) is 2.83. The van der Waals surface area contributed by atoms with Crippen LogP contribution in [0.15, 0.2) is 54.6 Å². The highest BCUT2D eigenvalue weighted by atomic mass is 32.3. The Kier molecular flexibility index (Phi) is 7.97. The summed E-state index contributed by atoms with van der Waals surface area (Å²) in [4.78, 5) is 0. The minimum Gasteiger partial charge on any atom is -0.496 e. The van der Waals surface area contributed by atoms with Gasteiger partial charge < -0.3 is 19.0 Å². The summed E-state index contributed by atoms with van der Waals surface area (Å²) in [7, 11) is -1.63. The van der Waals surface area contributed by atoms with Gasteiger partial charge in [0.05, 0.1) is 18.4 Å². The molecule has 0 atom stereocenters. The van der Waals surface area contributed by atoms with E-state index < -0.39 is 10.9 Å². The summed E-state index contributed by atoms with van der Waals surface area (Å²) in [6, 6.07) is 13.8. The number of halogens is 1. The van der Waals surface area contributed by atoms with Gasteiger partial charge in [-0.1, -0.05) is 25.1 Å². The Balaban J connectivity index is 1.81. The van der Waals surface area contributed by atoms with E-state index in [0.717, 1.165) is 39.1 Å². The zero-order valence-corrected chi connectivity index (χ0v) is 23.5. The normalized spacial score (nSPS) is 14.7. The van der Waals surface area contributed by atoms with Crippen LogP contribution in [0.25, 0.3) is 16.7 Å². The predicted molar refractivity (Wildman–Crippen MR) is 154 cm³/mol. The first-order valence-corrected chi connectivity index (χ1v) is 14.2. The summed E-state index contributed by atoms with van der Waals surface area (Å²) in [6.45, 7) is 10.3. The van der Waals surface area contributed by atoms with E-state index >= 15 is 0 Å². The van der Waals surface area contributed by atoms with Crippen molar-refractivity contribution in [1.29, 1.82) is 0 Å². The van der Waals surface area contributed by atoms with Crippen LogP contribution in [-0.4, -0.2) is 27.5 Å². The van der Waals surface area contributed by atoms with Crippen molar-refractivity contribution in [3.05, 3.63) is 77.1 Å². The van der Waals surface area contributed by atoms with Gasteiger partial charge in [0.1, 0.15) is 40.5 Å². The Morgan fingerprint density at radius 2 is 1.71 bits per heavy atom. The maximum Gasteiger partial charge on any atom is 0.144 e. The van der Waals surface area contributed by atoms with Crippen LogP contribution in [-0.2, 0) is 6.61 Å². The molecule has 0 radical (unpaired) electrons. The van der Waals surface area contributed by atoms with Crippen LogP contribution in [0.4, 0.5) is 10.1 Å². The summed E-state index contributed by atoms with van der Waals surface area (Å²) < 4.78 is 51.8. The molecule has 0 fully saturated rings. The SMILES string of the molecule is CCCS(O)(O)Oc1ccc(-c2ccc3c(c2COc2cc(F)ccc2C)C(C)=CC(C)(C)N3)c(OC)c1. The molecule has 0 bridgehead atoms. The maximum atomic E-state index is 14.0. The minimum atomic E-state index is -3.19. The highest BCUT2D eigenvalue weighted by Gasteiger charge is 2.27. The van der Waals surface area contributed by atoms with Crippen molar-refractivity contribution in [2.75, 3.05) is 18.2 Å². The number of benzene rings is 3. The molecule has 0 saturated carbocycles. The molecule has 0 amide bonds. The molecule has 3 aromatic carbocycles. The Bertz CT molecular complexity index is 1370. The Hall–Kier alpha value is -3.20. The number of hydrogen-bond acceptors (Lipinski definition) is 6. The minimum absolute atomic E-state index is 0.151. The van der Waals surface area contributed by atoms with Crippen LogP contribution in [0.2, 0.25) is 0 Å². The van der Waals surface area contributed by atoms with Crippen LogP contribution >= 0.6 is 10.9 Å². The molecule has 38 heavy (non-hydrogen) atoms. The van der Waals surface area contributed by atoms with Crippen molar-refractivity contribution in [3.63, 3.8) is 0 Å². The fraction of sp³-hybridized carbons (Fsp3) is 0.333. The third kappa shape index (κ3) is 6.09. The molecule has 6 nitrogen and oxygen atoms in total. The third-order valence-corrected chi connectivity index (χ3v) is 7.83. The van der Waals surface area contributed by atoms with E-state index in [4.69, 9.17) is 13.7 Å². The summed E-state index contributed by atoms with van der Waals surface area (Å²) in [5.41, 5.74) is 6.34. The molecule has 0 saturated heterocycles. The molecule has 0 unspecified atom stereocenters. The van der Waals surface area contributed by atoms with Crippen molar-refractivity contribution in [3.8, 4) is 28.4 Å². The summed E-state index contributed by atoms with van der Waals surface area (Å²) >= 11 is 0. The van der Waals surface area contributed by atoms with E-state index in [0.29, 0.717) is 23.7 Å². The predicted octanol–water partition coefficient (Wildman–Crippen LogP) is 8.45. The first kappa shape index (κ1) is 27.8. The van der Waals surface area contributed by atoms with Crippen molar-refractivity contribution in [1.82, 2.24) is 0 Å². The highest BCUT2D eigenvalue weighted by molar-refractivity contribution is 8.20. The molecule has 0 aliphatic carbocycles.